The summed E-state index contributed by atoms with van der Waals surface area (Å²) >= 11 is 1.71. The normalized spacial score (nSPS) is 11.8. The number of nitrogens with two attached hydrogens (primary N) is 1. The van der Waals surface area contributed by atoms with Gasteiger partial charge in [-0.25, -0.2) is 0 Å². The molecule has 2 rings (SSSR count). The van der Waals surface area contributed by atoms with Crippen molar-refractivity contribution in [3.8, 4) is 6.07 Å². The van der Waals surface area contributed by atoms with E-state index in [0.717, 1.165) is 12.1 Å². The van der Waals surface area contributed by atoms with E-state index in [2.05, 4.69) is 35.1 Å². The summed E-state index contributed by atoms with van der Waals surface area (Å²) in [6, 6.07) is 9.96. The van der Waals surface area contributed by atoms with Crippen LogP contribution in [0.15, 0.2) is 35.0 Å². The molecule has 0 radical (unpaired) electrons. The molecule has 0 aliphatic rings. The molecule has 3 N–H and O–H groups in total. The molecule has 0 amide bonds. The zero-order valence-corrected chi connectivity index (χ0v) is 11.0. The number of anilines is 2. The van der Waals surface area contributed by atoms with E-state index in [9.17, 15) is 0 Å². The molecule has 0 aliphatic heterocycles. The average molecular weight is 257 g/mol. The summed E-state index contributed by atoms with van der Waals surface area (Å²) in [7, 11) is 0. The lowest BCUT2D eigenvalue weighted by Crippen LogP contribution is -2.17. The summed E-state index contributed by atoms with van der Waals surface area (Å²) in [5, 5.41) is 16.4. The lowest BCUT2D eigenvalue weighted by atomic mass is 10.1. The van der Waals surface area contributed by atoms with Gasteiger partial charge < -0.3 is 11.1 Å². The molecule has 1 heterocycles. The van der Waals surface area contributed by atoms with E-state index >= 15 is 0 Å². The van der Waals surface area contributed by atoms with Crippen LogP contribution in [0.2, 0.25) is 0 Å². The summed E-state index contributed by atoms with van der Waals surface area (Å²) < 4.78 is 0. The average Bonchev–Trinajstić information content (AvgIpc) is 2.82. The monoisotopic (exact) mass is 257 g/mol. The van der Waals surface area contributed by atoms with Crippen LogP contribution in [0.4, 0.5) is 11.4 Å². The molecule has 0 spiro atoms. The summed E-state index contributed by atoms with van der Waals surface area (Å²) in [5.74, 6) is 0. The zero-order chi connectivity index (χ0) is 13.0. The third kappa shape index (κ3) is 3.02. The summed E-state index contributed by atoms with van der Waals surface area (Å²) in [6.07, 6.45) is 0.976. The van der Waals surface area contributed by atoms with Crippen LogP contribution in [0.5, 0.6) is 0 Å². The highest BCUT2D eigenvalue weighted by Gasteiger charge is 2.05. The van der Waals surface area contributed by atoms with Crippen LogP contribution in [-0.2, 0) is 6.42 Å². The second-order valence-electron chi connectivity index (χ2n) is 4.29. The molecule has 1 aromatic heterocycles. The van der Waals surface area contributed by atoms with E-state index in [-0.39, 0.29) is 0 Å². The Hall–Kier alpha value is -1.99. The Labute approximate surface area is 111 Å². The molecule has 3 nitrogen and oxygen atoms in total. The van der Waals surface area contributed by atoms with E-state index in [4.69, 9.17) is 11.0 Å². The molecule has 2 aromatic rings. The summed E-state index contributed by atoms with van der Waals surface area (Å²) in [6.45, 7) is 2.13. The molecule has 1 aromatic carbocycles. The molecule has 1 atom stereocenters. The summed E-state index contributed by atoms with van der Waals surface area (Å²) in [4.78, 5) is 0. The van der Waals surface area contributed by atoms with Gasteiger partial charge in [-0.1, -0.05) is 0 Å². The third-order valence-electron chi connectivity index (χ3n) is 2.71. The molecule has 0 bridgehead atoms. The van der Waals surface area contributed by atoms with Gasteiger partial charge in [0.25, 0.3) is 0 Å². The van der Waals surface area contributed by atoms with E-state index in [1.165, 1.54) is 5.56 Å². The van der Waals surface area contributed by atoms with Crippen molar-refractivity contribution in [3.05, 3.63) is 46.2 Å². The quantitative estimate of drug-likeness (QED) is 0.826. The van der Waals surface area contributed by atoms with Crippen LogP contribution in [-0.4, -0.2) is 6.04 Å². The second kappa shape index (κ2) is 5.56. The number of rotatable bonds is 4. The fourth-order valence-corrected chi connectivity index (χ4v) is 2.53. The maximum atomic E-state index is 8.81. The number of hydrogen-bond acceptors (Lipinski definition) is 4. The van der Waals surface area contributed by atoms with Crippen molar-refractivity contribution in [2.45, 2.75) is 19.4 Å². The number of hydrogen-bond donors (Lipinski definition) is 2. The Balaban J connectivity index is 2.01. The molecule has 92 valence electrons. The number of nitrogens with one attached hydrogen (secondary N) is 1. The van der Waals surface area contributed by atoms with Crippen molar-refractivity contribution in [1.82, 2.24) is 0 Å². The third-order valence-corrected chi connectivity index (χ3v) is 3.44. The zero-order valence-electron chi connectivity index (χ0n) is 10.2. The highest BCUT2D eigenvalue weighted by molar-refractivity contribution is 7.07. The van der Waals surface area contributed by atoms with E-state index in [0.29, 0.717) is 17.3 Å². The van der Waals surface area contributed by atoms with Crippen LogP contribution < -0.4 is 11.1 Å². The van der Waals surface area contributed by atoms with Gasteiger partial charge in [0.15, 0.2) is 0 Å². The van der Waals surface area contributed by atoms with Crippen molar-refractivity contribution in [2.24, 2.45) is 0 Å². The molecule has 0 saturated heterocycles. The lowest BCUT2D eigenvalue weighted by molar-refractivity contribution is 0.793. The predicted molar refractivity (Wildman–Crippen MR) is 76.7 cm³/mol. The number of nitrogen functional groups attached to an aromatic ring is 1. The van der Waals surface area contributed by atoms with Gasteiger partial charge in [0, 0.05) is 11.7 Å². The van der Waals surface area contributed by atoms with Crippen molar-refractivity contribution in [2.75, 3.05) is 11.1 Å². The van der Waals surface area contributed by atoms with Gasteiger partial charge in [0.2, 0.25) is 0 Å². The van der Waals surface area contributed by atoms with Crippen molar-refractivity contribution in [3.63, 3.8) is 0 Å². The number of nitriles is 1. The van der Waals surface area contributed by atoms with E-state index < -0.39 is 0 Å². The number of benzene rings is 1. The van der Waals surface area contributed by atoms with Gasteiger partial charge in [-0.05, 0) is 53.9 Å². The highest BCUT2D eigenvalue weighted by atomic mass is 32.1. The van der Waals surface area contributed by atoms with Crippen molar-refractivity contribution in [1.29, 1.82) is 5.26 Å². The largest absolute Gasteiger partial charge is 0.398 e. The van der Waals surface area contributed by atoms with Gasteiger partial charge in [0.1, 0.15) is 6.07 Å². The Bertz CT molecular complexity index is 555. The molecule has 0 saturated carbocycles. The van der Waals surface area contributed by atoms with Crippen LogP contribution in [0, 0.1) is 11.3 Å². The Kier molecular flexibility index (Phi) is 3.85. The topological polar surface area (TPSA) is 61.8 Å². The molecule has 1 unspecified atom stereocenters. The Morgan fingerprint density at radius 3 is 2.89 bits per heavy atom. The summed E-state index contributed by atoms with van der Waals surface area (Å²) in [5.41, 5.74) is 9.11. The van der Waals surface area contributed by atoms with Crippen LogP contribution in [0.1, 0.15) is 18.1 Å². The molecular weight excluding hydrogens is 242 g/mol. The standard InChI is InChI=1S/C14H15N3S/c1-10(6-11-4-5-18-9-11)17-13-3-2-12(8-15)14(16)7-13/h2-5,7,9-10,17H,6,16H2,1H3. The number of thiophene rings is 1. The first-order valence-electron chi connectivity index (χ1n) is 5.76. The number of nitrogens with zero attached hydrogens (tertiary/aromatic N) is 1. The molecule has 0 fully saturated rings. The maximum absolute atomic E-state index is 8.81. The van der Waals surface area contributed by atoms with Gasteiger partial charge in [-0.2, -0.15) is 16.6 Å². The van der Waals surface area contributed by atoms with Crippen LogP contribution >= 0.6 is 11.3 Å². The minimum absolute atomic E-state index is 0.326. The first-order valence-corrected chi connectivity index (χ1v) is 6.70. The minimum atomic E-state index is 0.326. The predicted octanol–water partition coefficient (Wildman–Crippen LogP) is 3.25. The van der Waals surface area contributed by atoms with Gasteiger partial charge in [0.05, 0.1) is 11.3 Å². The fourth-order valence-electron chi connectivity index (χ4n) is 1.85. The SMILES string of the molecule is CC(Cc1ccsc1)Nc1ccc(C#N)c(N)c1. The smallest absolute Gasteiger partial charge is 0.101 e. The molecule has 4 heteroatoms. The lowest BCUT2D eigenvalue weighted by Gasteiger charge is -2.15. The van der Waals surface area contributed by atoms with Crippen LogP contribution in [0.25, 0.3) is 0 Å². The highest BCUT2D eigenvalue weighted by Crippen LogP contribution is 2.19. The minimum Gasteiger partial charge on any atom is -0.398 e. The first kappa shape index (κ1) is 12.5. The second-order valence-corrected chi connectivity index (χ2v) is 5.07. The maximum Gasteiger partial charge on any atom is 0.101 e. The van der Waals surface area contributed by atoms with E-state index in [1.807, 2.05) is 12.1 Å². The Morgan fingerprint density at radius 2 is 2.28 bits per heavy atom. The van der Waals surface area contributed by atoms with E-state index in [1.54, 1.807) is 17.4 Å². The fraction of sp³-hybridized carbons (Fsp3) is 0.214. The first-order chi connectivity index (χ1) is 8.69. The van der Waals surface area contributed by atoms with Gasteiger partial charge in [-0.15, -0.1) is 0 Å². The molecular formula is C14H15N3S. The van der Waals surface area contributed by atoms with Crippen molar-refractivity contribution < 1.29 is 0 Å². The molecule has 0 aliphatic carbocycles. The molecule has 18 heavy (non-hydrogen) atoms. The van der Waals surface area contributed by atoms with Crippen molar-refractivity contribution >= 4 is 22.7 Å². The van der Waals surface area contributed by atoms with Crippen LogP contribution in [0.3, 0.4) is 0 Å². The van der Waals surface area contributed by atoms with Gasteiger partial charge in [-0.3, -0.25) is 0 Å². The Morgan fingerprint density at radius 1 is 1.44 bits per heavy atom. The van der Waals surface area contributed by atoms with Gasteiger partial charge >= 0.3 is 0 Å².